The van der Waals surface area contributed by atoms with E-state index in [0.29, 0.717) is 20.9 Å². The van der Waals surface area contributed by atoms with Crippen molar-refractivity contribution in [1.82, 2.24) is 19.9 Å². The molecule has 0 aliphatic heterocycles. The van der Waals surface area contributed by atoms with Crippen molar-refractivity contribution in [2.45, 2.75) is 16.5 Å². The number of benzene rings is 2. The third-order valence-electron chi connectivity index (χ3n) is 4.83. The Bertz CT molecular complexity index is 1350. The molecule has 0 saturated carbocycles. The summed E-state index contributed by atoms with van der Waals surface area (Å²) in [6.07, 6.45) is 3.24. The van der Waals surface area contributed by atoms with Gasteiger partial charge in [0, 0.05) is 35.6 Å². The lowest BCUT2D eigenvalue weighted by atomic mass is 10.1. The quantitative estimate of drug-likeness (QED) is 0.414. The molecule has 2 amide bonds. The average molecular weight is 450 g/mol. The van der Waals surface area contributed by atoms with Crippen LogP contribution < -0.4 is 16.8 Å². The molecule has 0 aliphatic carbocycles. The summed E-state index contributed by atoms with van der Waals surface area (Å²) in [7, 11) is 1.85. The number of carbonyl (C=O) groups is 2. The maximum atomic E-state index is 13.7. The fourth-order valence-electron chi connectivity index (χ4n) is 3.32. The van der Waals surface area contributed by atoms with Gasteiger partial charge in [-0.2, -0.15) is 0 Å². The van der Waals surface area contributed by atoms with Gasteiger partial charge in [-0.1, -0.05) is 23.9 Å². The second kappa shape index (κ2) is 8.67. The summed E-state index contributed by atoms with van der Waals surface area (Å²) < 4.78 is 15.5. The molecule has 0 spiro atoms. The van der Waals surface area contributed by atoms with Crippen molar-refractivity contribution in [3.63, 3.8) is 0 Å². The first-order valence-corrected chi connectivity index (χ1v) is 10.4. The largest absolute Gasteiger partial charge is 0.382 e. The molecule has 2 heterocycles. The smallest absolute Gasteiger partial charge is 0.274 e. The zero-order chi connectivity index (χ0) is 22.8. The molecule has 162 valence electrons. The lowest BCUT2D eigenvalue weighted by Crippen LogP contribution is -2.25. The Morgan fingerprint density at radius 2 is 2.00 bits per heavy atom. The van der Waals surface area contributed by atoms with E-state index >= 15 is 0 Å². The van der Waals surface area contributed by atoms with Crippen LogP contribution in [0.15, 0.2) is 64.8 Å². The standard InChI is InChI=1S/C22H19FN6O2S/c1-29-11-12(15-8-13(23)6-7-16(15)29)9-27-22(31)19-20(24)26-10-18(28-19)32-17-5-3-2-4-14(17)21(25)30/h2-8,10-11H,9H2,1H3,(H2,24,26)(H2,25,30)(H,27,31). The highest BCUT2D eigenvalue weighted by atomic mass is 32.2. The van der Waals surface area contributed by atoms with E-state index < -0.39 is 11.8 Å². The Labute approximate surface area is 186 Å². The molecule has 5 N–H and O–H groups in total. The van der Waals surface area contributed by atoms with E-state index in [2.05, 4.69) is 15.3 Å². The average Bonchev–Trinajstić information content (AvgIpc) is 3.08. The van der Waals surface area contributed by atoms with Gasteiger partial charge in [-0.25, -0.2) is 14.4 Å². The first-order valence-electron chi connectivity index (χ1n) is 9.54. The number of nitrogens with two attached hydrogens (primary N) is 2. The van der Waals surface area contributed by atoms with Crippen LogP contribution in [0.4, 0.5) is 10.2 Å². The van der Waals surface area contributed by atoms with Crippen molar-refractivity contribution in [2.75, 3.05) is 5.73 Å². The summed E-state index contributed by atoms with van der Waals surface area (Å²) in [6, 6.07) is 11.3. The number of primary amides is 1. The summed E-state index contributed by atoms with van der Waals surface area (Å²) in [5.41, 5.74) is 13.2. The lowest BCUT2D eigenvalue weighted by molar-refractivity contribution is 0.0944. The zero-order valence-electron chi connectivity index (χ0n) is 17.0. The molecule has 0 atom stereocenters. The predicted molar refractivity (Wildman–Crippen MR) is 120 cm³/mol. The van der Waals surface area contributed by atoms with Gasteiger partial charge in [0.2, 0.25) is 5.91 Å². The molecule has 2 aromatic carbocycles. The Kier molecular flexibility index (Phi) is 5.78. The third-order valence-corrected chi connectivity index (χ3v) is 5.82. The maximum Gasteiger partial charge on any atom is 0.274 e. The monoisotopic (exact) mass is 450 g/mol. The van der Waals surface area contributed by atoms with Crippen LogP contribution in [0.1, 0.15) is 26.4 Å². The normalized spacial score (nSPS) is 10.9. The maximum absolute atomic E-state index is 13.7. The molecule has 0 bridgehead atoms. The first kappa shape index (κ1) is 21.3. The molecule has 4 aromatic rings. The minimum absolute atomic E-state index is 0.0287. The molecule has 2 aromatic heterocycles. The highest BCUT2D eigenvalue weighted by Crippen LogP contribution is 2.29. The summed E-state index contributed by atoms with van der Waals surface area (Å²) in [4.78, 5) is 33.4. The Balaban J connectivity index is 1.55. The van der Waals surface area contributed by atoms with E-state index in [1.165, 1.54) is 18.3 Å². The molecule has 0 aliphatic rings. The number of nitrogens with one attached hydrogen (secondary N) is 1. The van der Waals surface area contributed by atoms with Gasteiger partial charge in [-0.3, -0.25) is 9.59 Å². The topological polar surface area (TPSA) is 129 Å². The van der Waals surface area contributed by atoms with Crippen molar-refractivity contribution in [2.24, 2.45) is 12.8 Å². The summed E-state index contributed by atoms with van der Waals surface area (Å²) >= 11 is 1.15. The molecular weight excluding hydrogens is 431 g/mol. The molecule has 8 nitrogen and oxygen atoms in total. The molecule has 0 unspecified atom stereocenters. The highest BCUT2D eigenvalue weighted by Gasteiger charge is 2.17. The number of anilines is 1. The fraction of sp³-hybridized carbons (Fsp3) is 0.0909. The van der Waals surface area contributed by atoms with Gasteiger partial charge in [0.05, 0.1) is 11.8 Å². The molecule has 0 radical (unpaired) electrons. The van der Waals surface area contributed by atoms with Crippen LogP contribution in [-0.2, 0) is 13.6 Å². The van der Waals surface area contributed by atoms with E-state index in [-0.39, 0.29) is 23.9 Å². The van der Waals surface area contributed by atoms with Crippen molar-refractivity contribution in [3.8, 4) is 0 Å². The number of hydrogen-bond donors (Lipinski definition) is 3. The molecular formula is C22H19FN6O2S. The van der Waals surface area contributed by atoms with Gasteiger partial charge < -0.3 is 21.4 Å². The van der Waals surface area contributed by atoms with Crippen molar-refractivity contribution >= 4 is 40.3 Å². The predicted octanol–water partition coefficient (Wildman–Crippen LogP) is 2.87. The van der Waals surface area contributed by atoms with Crippen molar-refractivity contribution in [1.29, 1.82) is 0 Å². The number of carbonyl (C=O) groups excluding carboxylic acids is 2. The number of halogens is 1. The Hall–Kier alpha value is -3.92. The van der Waals surface area contributed by atoms with Crippen LogP contribution in [0, 0.1) is 5.82 Å². The van der Waals surface area contributed by atoms with Gasteiger partial charge in [0.15, 0.2) is 11.5 Å². The summed E-state index contributed by atoms with van der Waals surface area (Å²) in [6.45, 7) is 0.155. The van der Waals surface area contributed by atoms with E-state index in [1.807, 2.05) is 17.8 Å². The summed E-state index contributed by atoms with van der Waals surface area (Å²) in [5, 5.41) is 3.85. The van der Waals surface area contributed by atoms with E-state index in [1.54, 1.807) is 30.3 Å². The van der Waals surface area contributed by atoms with Crippen LogP contribution >= 0.6 is 11.8 Å². The molecule has 0 saturated heterocycles. The number of nitrogens with zero attached hydrogens (tertiary/aromatic N) is 3. The minimum atomic E-state index is -0.569. The van der Waals surface area contributed by atoms with Crippen molar-refractivity contribution in [3.05, 3.63) is 77.5 Å². The van der Waals surface area contributed by atoms with Crippen LogP contribution in [0.5, 0.6) is 0 Å². The number of fused-ring (bicyclic) bond motifs is 1. The Morgan fingerprint density at radius 1 is 1.22 bits per heavy atom. The van der Waals surface area contributed by atoms with Crippen LogP contribution in [-0.4, -0.2) is 26.3 Å². The number of nitrogen functional groups attached to an aromatic ring is 1. The Morgan fingerprint density at radius 3 is 2.78 bits per heavy atom. The second-order valence-electron chi connectivity index (χ2n) is 7.01. The van der Waals surface area contributed by atoms with E-state index in [0.717, 1.165) is 22.8 Å². The highest BCUT2D eigenvalue weighted by molar-refractivity contribution is 7.99. The number of aryl methyl sites for hydroxylation is 1. The molecule has 4 rings (SSSR count). The minimum Gasteiger partial charge on any atom is -0.382 e. The number of hydrogen-bond acceptors (Lipinski definition) is 6. The van der Waals surface area contributed by atoms with Crippen molar-refractivity contribution < 1.29 is 14.0 Å². The van der Waals surface area contributed by atoms with Crippen LogP contribution in [0.2, 0.25) is 0 Å². The molecule has 0 fully saturated rings. The van der Waals surface area contributed by atoms with Gasteiger partial charge in [0.1, 0.15) is 10.8 Å². The SMILES string of the molecule is Cn1cc(CNC(=O)c2nc(Sc3ccccc3C(N)=O)cnc2N)c2cc(F)ccc21. The number of aromatic nitrogens is 3. The zero-order valence-corrected chi connectivity index (χ0v) is 17.8. The van der Waals surface area contributed by atoms with Gasteiger partial charge >= 0.3 is 0 Å². The number of amides is 2. The van der Waals surface area contributed by atoms with Crippen LogP contribution in [0.25, 0.3) is 10.9 Å². The van der Waals surface area contributed by atoms with Crippen LogP contribution in [0.3, 0.4) is 0 Å². The molecule has 10 heteroatoms. The molecule has 32 heavy (non-hydrogen) atoms. The van der Waals surface area contributed by atoms with E-state index in [4.69, 9.17) is 11.5 Å². The van der Waals surface area contributed by atoms with Gasteiger partial charge in [-0.15, -0.1) is 0 Å². The van der Waals surface area contributed by atoms with Gasteiger partial charge in [-0.05, 0) is 35.9 Å². The third kappa shape index (κ3) is 4.26. The second-order valence-corrected chi connectivity index (χ2v) is 8.08. The fourth-order valence-corrected chi connectivity index (χ4v) is 4.21. The first-order chi connectivity index (χ1) is 15.3. The van der Waals surface area contributed by atoms with Gasteiger partial charge in [0.25, 0.3) is 5.91 Å². The number of rotatable bonds is 6. The lowest BCUT2D eigenvalue weighted by Gasteiger charge is -2.09. The summed E-state index contributed by atoms with van der Waals surface area (Å²) in [5.74, 6) is -1.47. The van der Waals surface area contributed by atoms with E-state index in [9.17, 15) is 14.0 Å².